The molecule has 0 aliphatic carbocycles. The number of aliphatic hydroxyl groups excluding tert-OH is 1. The van der Waals surface area contributed by atoms with E-state index in [1.54, 1.807) is 13.8 Å². The van der Waals surface area contributed by atoms with Crippen molar-refractivity contribution < 1.29 is 9.90 Å². The fourth-order valence-electron chi connectivity index (χ4n) is 0.567. The van der Waals surface area contributed by atoms with E-state index in [4.69, 9.17) is 10.8 Å². The Kier molecular flexibility index (Phi) is 4.07. The summed E-state index contributed by atoms with van der Waals surface area (Å²) in [5, 5.41) is 11.4. The van der Waals surface area contributed by atoms with Crippen LogP contribution in [-0.4, -0.2) is 29.7 Å². The second kappa shape index (κ2) is 4.31. The van der Waals surface area contributed by atoms with Crippen LogP contribution in [0.5, 0.6) is 0 Å². The van der Waals surface area contributed by atoms with Crippen LogP contribution < -0.4 is 11.1 Å². The van der Waals surface area contributed by atoms with Gasteiger partial charge in [0, 0.05) is 6.61 Å². The maximum atomic E-state index is 10.7. The highest BCUT2D eigenvalue weighted by atomic mass is 16.3. The van der Waals surface area contributed by atoms with Crippen LogP contribution in [0.1, 0.15) is 20.3 Å². The molecule has 0 bridgehead atoms. The second-order valence-electron chi connectivity index (χ2n) is 2.99. The fraction of sp³-hybridized carbons (Fsp3) is 0.857. The highest BCUT2D eigenvalue weighted by Gasteiger charge is 2.22. The molecule has 0 spiro atoms. The molecule has 0 atom stereocenters. The van der Waals surface area contributed by atoms with Gasteiger partial charge < -0.3 is 16.2 Å². The van der Waals surface area contributed by atoms with Crippen molar-refractivity contribution in [3.05, 3.63) is 0 Å². The number of hydrogen-bond acceptors (Lipinski definition) is 3. The second-order valence-corrected chi connectivity index (χ2v) is 2.99. The Morgan fingerprint density at radius 3 is 2.55 bits per heavy atom. The summed E-state index contributed by atoms with van der Waals surface area (Å²) in [4.78, 5) is 10.7. The maximum absolute atomic E-state index is 10.7. The fourth-order valence-corrected chi connectivity index (χ4v) is 0.567. The number of aliphatic hydroxyl groups is 1. The quantitative estimate of drug-likeness (QED) is 0.462. The van der Waals surface area contributed by atoms with Crippen LogP contribution in [0.2, 0.25) is 0 Å². The zero-order valence-corrected chi connectivity index (χ0v) is 7.05. The van der Waals surface area contributed by atoms with E-state index in [-0.39, 0.29) is 12.5 Å². The van der Waals surface area contributed by atoms with Gasteiger partial charge in [-0.25, -0.2) is 0 Å². The van der Waals surface area contributed by atoms with E-state index in [1.165, 1.54) is 0 Å². The molecule has 0 heterocycles. The van der Waals surface area contributed by atoms with Gasteiger partial charge in [-0.05, 0) is 26.8 Å². The molecular weight excluding hydrogens is 144 g/mol. The Labute approximate surface area is 66.8 Å². The highest BCUT2D eigenvalue weighted by molar-refractivity contribution is 5.83. The summed E-state index contributed by atoms with van der Waals surface area (Å²) >= 11 is 0. The third-order valence-corrected chi connectivity index (χ3v) is 1.52. The largest absolute Gasteiger partial charge is 0.396 e. The number of nitrogens with one attached hydrogen (secondary N) is 1. The van der Waals surface area contributed by atoms with Gasteiger partial charge in [0.2, 0.25) is 5.91 Å². The summed E-state index contributed by atoms with van der Waals surface area (Å²) in [5.74, 6) is -0.379. The van der Waals surface area contributed by atoms with Crippen LogP contribution in [0.25, 0.3) is 0 Å². The van der Waals surface area contributed by atoms with Gasteiger partial charge in [-0.2, -0.15) is 0 Å². The zero-order valence-electron chi connectivity index (χ0n) is 7.05. The first kappa shape index (κ1) is 10.4. The SMILES string of the molecule is CC(C)(NCCCO)C(N)=O. The molecular formula is C7H16N2O2. The van der Waals surface area contributed by atoms with E-state index in [1.807, 2.05) is 0 Å². The van der Waals surface area contributed by atoms with E-state index in [9.17, 15) is 4.79 Å². The van der Waals surface area contributed by atoms with Crippen molar-refractivity contribution in [1.82, 2.24) is 5.32 Å². The van der Waals surface area contributed by atoms with Crippen molar-refractivity contribution in [3.8, 4) is 0 Å². The normalized spacial score (nSPS) is 11.5. The molecule has 0 aromatic heterocycles. The lowest BCUT2D eigenvalue weighted by Gasteiger charge is -2.21. The predicted octanol–water partition coefficient (Wildman–Crippen LogP) is -0.778. The summed E-state index contributed by atoms with van der Waals surface area (Å²) in [6, 6.07) is 0. The molecule has 0 unspecified atom stereocenters. The summed E-state index contributed by atoms with van der Waals surface area (Å²) in [7, 11) is 0. The number of carbonyl (C=O) groups is 1. The van der Waals surface area contributed by atoms with Gasteiger partial charge in [0.05, 0.1) is 5.54 Å². The molecule has 0 rings (SSSR count). The minimum atomic E-state index is -0.671. The van der Waals surface area contributed by atoms with Crippen LogP contribution in [0.15, 0.2) is 0 Å². The Morgan fingerprint density at radius 2 is 2.18 bits per heavy atom. The number of primary amides is 1. The minimum absolute atomic E-state index is 0.127. The van der Waals surface area contributed by atoms with Crippen molar-refractivity contribution >= 4 is 5.91 Å². The van der Waals surface area contributed by atoms with Gasteiger partial charge in [0.1, 0.15) is 0 Å². The predicted molar refractivity (Wildman–Crippen MR) is 43.0 cm³/mol. The molecule has 0 radical (unpaired) electrons. The number of amides is 1. The molecule has 0 aliphatic rings. The van der Waals surface area contributed by atoms with Gasteiger partial charge in [0.15, 0.2) is 0 Å². The van der Waals surface area contributed by atoms with E-state index in [0.29, 0.717) is 13.0 Å². The Morgan fingerprint density at radius 1 is 1.64 bits per heavy atom. The average molecular weight is 160 g/mol. The number of carbonyl (C=O) groups excluding carboxylic acids is 1. The molecule has 0 aromatic carbocycles. The van der Waals surface area contributed by atoms with Gasteiger partial charge in [-0.15, -0.1) is 0 Å². The Hall–Kier alpha value is -0.610. The van der Waals surface area contributed by atoms with Crippen molar-refractivity contribution in [2.24, 2.45) is 5.73 Å². The molecule has 4 heteroatoms. The topological polar surface area (TPSA) is 75.3 Å². The third kappa shape index (κ3) is 3.95. The average Bonchev–Trinajstić information content (AvgIpc) is 1.88. The smallest absolute Gasteiger partial charge is 0.237 e. The molecule has 0 saturated heterocycles. The number of rotatable bonds is 5. The lowest BCUT2D eigenvalue weighted by atomic mass is 10.1. The van der Waals surface area contributed by atoms with Crippen molar-refractivity contribution in [3.63, 3.8) is 0 Å². The van der Waals surface area contributed by atoms with Gasteiger partial charge in [0.25, 0.3) is 0 Å². The minimum Gasteiger partial charge on any atom is -0.396 e. The highest BCUT2D eigenvalue weighted by Crippen LogP contribution is 1.99. The molecule has 0 fully saturated rings. The van der Waals surface area contributed by atoms with Crippen molar-refractivity contribution in [1.29, 1.82) is 0 Å². The molecule has 0 saturated carbocycles. The standard InChI is InChI=1S/C7H16N2O2/c1-7(2,6(8)11)9-4-3-5-10/h9-10H,3-5H2,1-2H3,(H2,8,11). The van der Waals surface area contributed by atoms with Crippen molar-refractivity contribution in [2.75, 3.05) is 13.2 Å². The van der Waals surface area contributed by atoms with E-state index >= 15 is 0 Å². The molecule has 66 valence electrons. The van der Waals surface area contributed by atoms with Gasteiger partial charge >= 0.3 is 0 Å². The Bertz CT molecular complexity index is 134. The molecule has 4 nitrogen and oxygen atoms in total. The lowest BCUT2D eigenvalue weighted by Crippen LogP contribution is -2.50. The molecule has 4 N–H and O–H groups in total. The van der Waals surface area contributed by atoms with E-state index in [2.05, 4.69) is 5.32 Å². The molecule has 0 aliphatic heterocycles. The van der Waals surface area contributed by atoms with Gasteiger partial charge in [-0.3, -0.25) is 4.79 Å². The van der Waals surface area contributed by atoms with Gasteiger partial charge in [-0.1, -0.05) is 0 Å². The molecule has 1 amide bonds. The monoisotopic (exact) mass is 160 g/mol. The summed E-state index contributed by atoms with van der Waals surface area (Å²) in [6.45, 7) is 4.16. The summed E-state index contributed by atoms with van der Waals surface area (Å²) in [6.07, 6.45) is 0.636. The van der Waals surface area contributed by atoms with Crippen LogP contribution in [-0.2, 0) is 4.79 Å². The number of hydrogen-bond donors (Lipinski definition) is 3. The first-order valence-electron chi connectivity index (χ1n) is 3.66. The molecule has 0 aromatic rings. The number of nitrogens with two attached hydrogens (primary N) is 1. The van der Waals surface area contributed by atoms with Crippen molar-refractivity contribution in [2.45, 2.75) is 25.8 Å². The Balaban J connectivity index is 3.64. The summed E-state index contributed by atoms with van der Waals surface area (Å²) < 4.78 is 0. The first-order valence-corrected chi connectivity index (χ1v) is 3.66. The van der Waals surface area contributed by atoms with E-state index in [0.717, 1.165) is 0 Å². The first-order chi connectivity index (χ1) is 5.00. The van der Waals surface area contributed by atoms with Crippen LogP contribution in [0.3, 0.4) is 0 Å². The third-order valence-electron chi connectivity index (χ3n) is 1.52. The molecule has 11 heavy (non-hydrogen) atoms. The van der Waals surface area contributed by atoms with Crippen LogP contribution in [0, 0.1) is 0 Å². The van der Waals surface area contributed by atoms with E-state index < -0.39 is 5.54 Å². The van der Waals surface area contributed by atoms with Crippen LogP contribution >= 0.6 is 0 Å². The maximum Gasteiger partial charge on any atom is 0.237 e. The van der Waals surface area contributed by atoms with Crippen LogP contribution in [0.4, 0.5) is 0 Å². The lowest BCUT2D eigenvalue weighted by molar-refractivity contribution is -0.123. The summed E-state index contributed by atoms with van der Waals surface area (Å²) in [5.41, 5.74) is 4.42. The zero-order chi connectivity index (χ0) is 8.91.